The molecule has 1 aliphatic rings. The number of benzene rings is 2. The largest absolute Gasteiger partial charge is 0.496 e. The molecule has 0 radical (unpaired) electrons. The van der Waals surface area contributed by atoms with Gasteiger partial charge in [0.05, 0.1) is 47.0 Å². The Hall–Kier alpha value is -3.81. The van der Waals surface area contributed by atoms with Crippen molar-refractivity contribution in [1.29, 1.82) is 0 Å². The molecule has 5 rings (SSSR count). The van der Waals surface area contributed by atoms with E-state index >= 15 is 0 Å². The molecular weight excluding hydrogens is 468 g/mol. The van der Waals surface area contributed by atoms with E-state index < -0.39 is 0 Å². The minimum Gasteiger partial charge on any atom is -0.496 e. The quantitative estimate of drug-likeness (QED) is 0.287. The third-order valence-corrected chi connectivity index (χ3v) is 6.39. The lowest BCUT2D eigenvalue weighted by molar-refractivity contribution is -0.00300. The Morgan fingerprint density at radius 2 is 1.86 bits per heavy atom. The second-order valence-corrected chi connectivity index (χ2v) is 8.64. The van der Waals surface area contributed by atoms with E-state index in [1.165, 1.54) is 11.9 Å². The molecule has 0 aliphatic carbocycles. The second-order valence-electron chi connectivity index (χ2n) is 7.82. The zero-order chi connectivity index (χ0) is 24.2. The number of nitrogens with one attached hydrogen (secondary N) is 1. The fourth-order valence-electron chi connectivity index (χ4n) is 3.65. The highest BCUT2D eigenvalue weighted by molar-refractivity contribution is 8.00. The standard InChI is InChI=1S/C25H24N4O5S/c1-30-19-11-18(13-29-8-4-7-26-29)12-20-23(19)25(27-34-20)28-35-24-21(31-2)9-16(10-22(24)32-3)5-6-17-14-33-15-17/h4,7-12,17H,13-15H2,1-3H3,(H,27,28). The molecule has 0 unspecified atom stereocenters. The summed E-state index contributed by atoms with van der Waals surface area (Å²) >= 11 is 1.31. The predicted molar refractivity (Wildman–Crippen MR) is 132 cm³/mol. The van der Waals surface area contributed by atoms with Gasteiger partial charge in [-0.05, 0) is 47.8 Å². The van der Waals surface area contributed by atoms with Gasteiger partial charge in [0.2, 0.25) is 0 Å². The number of rotatable bonds is 8. The summed E-state index contributed by atoms with van der Waals surface area (Å²) in [6, 6.07) is 9.56. The number of hydrogen-bond acceptors (Lipinski definition) is 9. The van der Waals surface area contributed by atoms with Crippen molar-refractivity contribution in [2.75, 3.05) is 39.3 Å². The lowest BCUT2D eigenvalue weighted by atomic mass is 10.1. The van der Waals surface area contributed by atoms with Crippen molar-refractivity contribution in [3.8, 4) is 29.1 Å². The summed E-state index contributed by atoms with van der Waals surface area (Å²) in [5.41, 5.74) is 2.41. The number of fused-ring (bicyclic) bond motifs is 1. The van der Waals surface area contributed by atoms with Crippen LogP contribution < -0.4 is 18.9 Å². The maximum atomic E-state index is 5.65. The molecule has 10 heteroatoms. The first-order valence-electron chi connectivity index (χ1n) is 10.9. The minimum absolute atomic E-state index is 0.276. The highest BCUT2D eigenvalue weighted by atomic mass is 32.2. The van der Waals surface area contributed by atoms with E-state index in [1.54, 1.807) is 27.5 Å². The van der Waals surface area contributed by atoms with Crippen LogP contribution in [0.25, 0.3) is 11.0 Å². The van der Waals surface area contributed by atoms with Crippen LogP contribution in [0.2, 0.25) is 0 Å². The van der Waals surface area contributed by atoms with Crippen LogP contribution >= 0.6 is 11.9 Å². The summed E-state index contributed by atoms with van der Waals surface area (Å²) in [7, 11) is 4.86. The van der Waals surface area contributed by atoms with E-state index in [0.29, 0.717) is 48.4 Å². The molecular formula is C25H24N4O5S. The van der Waals surface area contributed by atoms with Crippen LogP contribution in [0.5, 0.6) is 17.2 Å². The monoisotopic (exact) mass is 492 g/mol. The normalized spacial score (nSPS) is 13.1. The molecule has 35 heavy (non-hydrogen) atoms. The zero-order valence-electron chi connectivity index (χ0n) is 19.5. The molecule has 0 atom stereocenters. The van der Waals surface area contributed by atoms with Crippen LogP contribution in [0, 0.1) is 17.8 Å². The Bertz CT molecular complexity index is 1360. The van der Waals surface area contributed by atoms with Gasteiger partial charge in [-0.15, -0.1) is 0 Å². The molecule has 2 aromatic heterocycles. The Morgan fingerprint density at radius 3 is 2.49 bits per heavy atom. The van der Waals surface area contributed by atoms with Gasteiger partial charge in [0.15, 0.2) is 11.4 Å². The van der Waals surface area contributed by atoms with Crippen LogP contribution in [-0.4, -0.2) is 49.5 Å². The van der Waals surface area contributed by atoms with Gasteiger partial charge in [0.25, 0.3) is 0 Å². The number of nitrogens with zero attached hydrogens (tertiary/aromatic N) is 3. The van der Waals surface area contributed by atoms with E-state index in [2.05, 4.69) is 26.8 Å². The molecule has 0 saturated carbocycles. The van der Waals surface area contributed by atoms with E-state index in [9.17, 15) is 0 Å². The van der Waals surface area contributed by atoms with Crippen LogP contribution in [0.3, 0.4) is 0 Å². The van der Waals surface area contributed by atoms with Crippen LogP contribution in [-0.2, 0) is 11.3 Å². The molecule has 2 aromatic carbocycles. The Morgan fingerprint density at radius 1 is 1.09 bits per heavy atom. The smallest absolute Gasteiger partial charge is 0.191 e. The van der Waals surface area contributed by atoms with E-state index in [4.69, 9.17) is 23.5 Å². The van der Waals surface area contributed by atoms with Gasteiger partial charge in [-0.3, -0.25) is 4.68 Å². The van der Waals surface area contributed by atoms with Gasteiger partial charge >= 0.3 is 0 Å². The molecule has 1 saturated heterocycles. The van der Waals surface area contributed by atoms with E-state index in [1.807, 2.05) is 41.2 Å². The van der Waals surface area contributed by atoms with Crippen LogP contribution in [0.4, 0.5) is 5.82 Å². The SMILES string of the molecule is COc1cc(C#CC2COC2)cc(OC)c1SNc1noc2cc(Cn3cccn3)cc(OC)c12. The summed E-state index contributed by atoms with van der Waals surface area (Å²) in [5, 5.41) is 9.23. The van der Waals surface area contributed by atoms with Gasteiger partial charge in [-0.1, -0.05) is 17.0 Å². The summed E-state index contributed by atoms with van der Waals surface area (Å²) in [6.45, 7) is 1.95. The number of hydrogen-bond donors (Lipinski definition) is 1. The summed E-state index contributed by atoms with van der Waals surface area (Å²) in [6.07, 6.45) is 3.65. The summed E-state index contributed by atoms with van der Waals surface area (Å²) in [5.74, 6) is 9.13. The second kappa shape index (κ2) is 10.2. The van der Waals surface area contributed by atoms with Gasteiger partial charge in [0.1, 0.15) is 27.5 Å². The molecule has 1 fully saturated rings. The zero-order valence-corrected chi connectivity index (χ0v) is 20.3. The minimum atomic E-state index is 0.276. The van der Waals surface area contributed by atoms with Crippen molar-refractivity contribution in [3.05, 3.63) is 53.9 Å². The molecule has 3 heterocycles. The van der Waals surface area contributed by atoms with Gasteiger partial charge < -0.3 is 28.2 Å². The molecule has 1 aliphatic heterocycles. The number of methoxy groups -OCH3 is 3. The summed E-state index contributed by atoms with van der Waals surface area (Å²) < 4.78 is 32.8. The molecule has 1 N–H and O–H groups in total. The first kappa shape index (κ1) is 23.0. The third kappa shape index (κ3) is 4.87. The Labute approximate surface area is 206 Å². The third-order valence-electron chi connectivity index (χ3n) is 5.49. The Kier molecular flexibility index (Phi) is 6.70. The molecule has 0 spiro atoms. The van der Waals surface area contributed by atoms with Crippen molar-refractivity contribution in [2.45, 2.75) is 11.4 Å². The number of ether oxygens (including phenoxy) is 4. The average Bonchev–Trinajstić information content (AvgIpc) is 3.51. The van der Waals surface area contributed by atoms with Crippen molar-refractivity contribution in [3.63, 3.8) is 0 Å². The number of aromatic nitrogens is 3. The number of anilines is 1. The lowest BCUT2D eigenvalue weighted by Crippen LogP contribution is -2.25. The lowest BCUT2D eigenvalue weighted by Gasteiger charge is -2.20. The molecule has 4 aromatic rings. The van der Waals surface area contributed by atoms with Crippen LogP contribution in [0.1, 0.15) is 11.1 Å². The van der Waals surface area contributed by atoms with Crippen molar-refractivity contribution >= 4 is 28.7 Å². The topological polar surface area (TPSA) is 92.8 Å². The van der Waals surface area contributed by atoms with Crippen molar-refractivity contribution in [1.82, 2.24) is 14.9 Å². The van der Waals surface area contributed by atoms with Crippen LogP contribution in [0.15, 0.2) is 52.1 Å². The summed E-state index contributed by atoms with van der Waals surface area (Å²) in [4.78, 5) is 0.762. The Balaban J connectivity index is 1.40. The van der Waals surface area contributed by atoms with Gasteiger partial charge in [-0.25, -0.2) is 0 Å². The first-order valence-corrected chi connectivity index (χ1v) is 11.7. The highest BCUT2D eigenvalue weighted by Gasteiger charge is 2.19. The molecule has 0 bridgehead atoms. The fourth-order valence-corrected chi connectivity index (χ4v) is 4.47. The molecule has 0 amide bonds. The predicted octanol–water partition coefficient (Wildman–Crippen LogP) is 4.22. The fraction of sp³-hybridized carbons (Fsp3) is 0.280. The highest BCUT2D eigenvalue weighted by Crippen LogP contribution is 2.41. The van der Waals surface area contributed by atoms with Gasteiger partial charge in [0, 0.05) is 18.0 Å². The first-order chi connectivity index (χ1) is 17.2. The average molecular weight is 493 g/mol. The maximum absolute atomic E-state index is 5.65. The van der Waals surface area contributed by atoms with E-state index in [-0.39, 0.29) is 5.92 Å². The van der Waals surface area contributed by atoms with Crippen molar-refractivity contribution < 1.29 is 23.5 Å². The maximum Gasteiger partial charge on any atom is 0.191 e. The molecule has 9 nitrogen and oxygen atoms in total. The van der Waals surface area contributed by atoms with E-state index in [0.717, 1.165) is 21.4 Å². The van der Waals surface area contributed by atoms with Gasteiger partial charge in [-0.2, -0.15) is 5.10 Å². The molecule has 180 valence electrons. The van der Waals surface area contributed by atoms with Crippen molar-refractivity contribution in [2.24, 2.45) is 5.92 Å².